The van der Waals surface area contributed by atoms with E-state index in [1.807, 2.05) is 5.51 Å². The molecule has 1 heterocycles. The van der Waals surface area contributed by atoms with Crippen molar-refractivity contribution in [2.24, 2.45) is 5.92 Å². The number of aromatic nitrogens is 1. The first-order valence-electron chi connectivity index (χ1n) is 5.45. The van der Waals surface area contributed by atoms with E-state index in [0.717, 1.165) is 23.0 Å². The van der Waals surface area contributed by atoms with E-state index in [0.29, 0.717) is 11.8 Å². The molecule has 0 spiro atoms. The third-order valence-electron chi connectivity index (χ3n) is 2.64. The van der Waals surface area contributed by atoms with Crippen LogP contribution in [0.15, 0.2) is 39.6 Å². The van der Waals surface area contributed by atoms with Crippen LogP contribution < -0.4 is 0 Å². The van der Waals surface area contributed by atoms with Crippen molar-refractivity contribution < 1.29 is 0 Å². The van der Waals surface area contributed by atoms with Crippen molar-refractivity contribution in [3.05, 3.63) is 50.9 Å². The van der Waals surface area contributed by atoms with Gasteiger partial charge in [-0.15, -0.1) is 22.9 Å². The second-order valence-electron chi connectivity index (χ2n) is 4.03. The van der Waals surface area contributed by atoms with Gasteiger partial charge in [0.25, 0.3) is 0 Å². The van der Waals surface area contributed by atoms with Gasteiger partial charge in [-0.2, -0.15) is 0 Å². The number of nitrogens with zero attached hydrogens (tertiary/aromatic N) is 1. The Hall–Kier alpha value is -0.380. The zero-order valence-electron chi connectivity index (χ0n) is 9.27. The van der Waals surface area contributed by atoms with E-state index >= 15 is 0 Å². The normalized spacial score (nSPS) is 12.6. The van der Waals surface area contributed by atoms with E-state index in [4.69, 9.17) is 11.6 Å². The number of halogens is 2. The van der Waals surface area contributed by atoms with E-state index < -0.39 is 0 Å². The molecule has 1 atom stereocenters. The van der Waals surface area contributed by atoms with Crippen LogP contribution in [-0.4, -0.2) is 10.9 Å². The number of hydrogen-bond donors (Lipinski definition) is 0. The molecule has 0 saturated carbocycles. The molecule has 0 aliphatic rings. The minimum Gasteiger partial charge on any atom is -0.250 e. The highest BCUT2D eigenvalue weighted by molar-refractivity contribution is 9.10. The lowest BCUT2D eigenvalue weighted by atomic mass is 9.97. The smallest absolute Gasteiger partial charge is 0.0794 e. The van der Waals surface area contributed by atoms with Crippen LogP contribution in [-0.2, 0) is 12.8 Å². The largest absolute Gasteiger partial charge is 0.250 e. The fraction of sp³-hybridized carbons (Fsp3) is 0.308. The van der Waals surface area contributed by atoms with Gasteiger partial charge in [0, 0.05) is 15.7 Å². The molecule has 90 valence electrons. The van der Waals surface area contributed by atoms with Crippen molar-refractivity contribution in [2.45, 2.75) is 12.8 Å². The van der Waals surface area contributed by atoms with Crippen LogP contribution in [0.1, 0.15) is 11.3 Å². The van der Waals surface area contributed by atoms with Gasteiger partial charge in [-0.25, -0.2) is 4.98 Å². The SMILES string of the molecule is ClCC(Cc1ccc(Br)cc1)Cc1cscn1. The Morgan fingerprint density at radius 2 is 2.00 bits per heavy atom. The first-order chi connectivity index (χ1) is 8.28. The molecule has 4 heteroatoms. The van der Waals surface area contributed by atoms with Gasteiger partial charge in [-0.3, -0.25) is 0 Å². The number of hydrogen-bond acceptors (Lipinski definition) is 2. The molecule has 1 aromatic heterocycles. The van der Waals surface area contributed by atoms with Gasteiger partial charge >= 0.3 is 0 Å². The van der Waals surface area contributed by atoms with E-state index in [1.165, 1.54) is 5.56 Å². The summed E-state index contributed by atoms with van der Waals surface area (Å²) in [6, 6.07) is 8.43. The summed E-state index contributed by atoms with van der Waals surface area (Å²) >= 11 is 11.1. The molecule has 0 radical (unpaired) electrons. The molecule has 1 aromatic carbocycles. The average Bonchev–Trinajstić information content (AvgIpc) is 2.84. The Kier molecular flexibility index (Phi) is 5.01. The van der Waals surface area contributed by atoms with Gasteiger partial charge in [0.15, 0.2) is 0 Å². The first kappa shape index (κ1) is 13.1. The molecule has 1 nitrogen and oxygen atoms in total. The maximum absolute atomic E-state index is 6.03. The van der Waals surface area contributed by atoms with E-state index in [9.17, 15) is 0 Å². The molecule has 0 aliphatic carbocycles. The lowest BCUT2D eigenvalue weighted by molar-refractivity contribution is 0.577. The molecule has 2 aromatic rings. The fourth-order valence-corrected chi connectivity index (χ4v) is 2.82. The number of alkyl halides is 1. The Morgan fingerprint density at radius 1 is 1.24 bits per heavy atom. The molecular weight excluding hydrogens is 318 g/mol. The van der Waals surface area contributed by atoms with Crippen LogP contribution >= 0.6 is 38.9 Å². The van der Waals surface area contributed by atoms with Gasteiger partial charge in [0.05, 0.1) is 11.2 Å². The summed E-state index contributed by atoms with van der Waals surface area (Å²) in [6.07, 6.45) is 1.97. The highest BCUT2D eigenvalue weighted by atomic mass is 79.9. The van der Waals surface area contributed by atoms with Crippen LogP contribution in [0.3, 0.4) is 0 Å². The third kappa shape index (κ3) is 4.09. The van der Waals surface area contributed by atoms with Crippen molar-refractivity contribution in [1.29, 1.82) is 0 Å². The molecule has 0 amide bonds. The lowest BCUT2D eigenvalue weighted by Gasteiger charge is -2.12. The van der Waals surface area contributed by atoms with Gasteiger partial charge < -0.3 is 0 Å². The van der Waals surface area contributed by atoms with Gasteiger partial charge in [-0.1, -0.05) is 28.1 Å². The second-order valence-corrected chi connectivity index (χ2v) is 5.98. The summed E-state index contributed by atoms with van der Waals surface area (Å²) in [7, 11) is 0. The monoisotopic (exact) mass is 329 g/mol. The highest BCUT2D eigenvalue weighted by Gasteiger charge is 2.10. The first-order valence-corrected chi connectivity index (χ1v) is 7.72. The maximum atomic E-state index is 6.03. The number of thiazole rings is 1. The topological polar surface area (TPSA) is 12.9 Å². The van der Waals surface area contributed by atoms with Crippen molar-refractivity contribution in [2.75, 3.05) is 5.88 Å². The minimum atomic E-state index is 0.458. The summed E-state index contributed by atoms with van der Waals surface area (Å²) in [5.41, 5.74) is 4.35. The van der Waals surface area contributed by atoms with Crippen molar-refractivity contribution >= 4 is 38.9 Å². The average molecular weight is 331 g/mol. The number of rotatable bonds is 5. The van der Waals surface area contributed by atoms with E-state index in [2.05, 4.69) is 50.6 Å². The molecule has 1 unspecified atom stereocenters. The quantitative estimate of drug-likeness (QED) is 0.733. The van der Waals surface area contributed by atoms with E-state index in [-0.39, 0.29) is 0 Å². The molecule has 0 bridgehead atoms. The summed E-state index contributed by atoms with van der Waals surface area (Å²) < 4.78 is 1.11. The Morgan fingerprint density at radius 3 is 2.59 bits per heavy atom. The zero-order valence-corrected chi connectivity index (χ0v) is 12.4. The Balaban J connectivity index is 1.97. The lowest BCUT2D eigenvalue weighted by Crippen LogP contribution is -2.10. The van der Waals surface area contributed by atoms with E-state index in [1.54, 1.807) is 11.3 Å². The molecule has 0 saturated heterocycles. The van der Waals surface area contributed by atoms with Crippen LogP contribution in [0.4, 0.5) is 0 Å². The molecular formula is C13H13BrClNS. The van der Waals surface area contributed by atoms with Gasteiger partial charge in [0.1, 0.15) is 0 Å². The van der Waals surface area contributed by atoms with Crippen LogP contribution in [0.5, 0.6) is 0 Å². The molecule has 0 fully saturated rings. The molecule has 17 heavy (non-hydrogen) atoms. The summed E-state index contributed by atoms with van der Waals surface area (Å²) in [5, 5.41) is 2.10. The van der Waals surface area contributed by atoms with Gasteiger partial charge in [0.2, 0.25) is 0 Å². The van der Waals surface area contributed by atoms with Crippen molar-refractivity contribution in [3.8, 4) is 0 Å². The number of benzene rings is 1. The Bertz CT molecular complexity index is 441. The summed E-state index contributed by atoms with van der Waals surface area (Å²) in [4.78, 5) is 4.31. The van der Waals surface area contributed by atoms with Crippen LogP contribution in [0.2, 0.25) is 0 Å². The predicted molar refractivity (Wildman–Crippen MR) is 77.9 cm³/mol. The maximum Gasteiger partial charge on any atom is 0.0794 e. The predicted octanol–water partition coefficient (Wildman–Crippen LogP) is 4.55. The second kappa shape index (κ2) is 6.53. The summed E-state index contributed by atoms with van der Waals surface area (Å²) in [6.45, 7) is 0. The Labute approximate surface area is 119 Å². The third-order valence-corrected chi connectivity index (χ3v) is 4.24. The molecule has 0 N–H and O–H groups in total. The minimum absolute atomic E-state index is 0.458. The fourth-order valence-electron chi connectivity index (χ4n) is 1.77. The van der Waals surface area contributed by atoms with Crippen LogP contribution in [0.25, 0.3) is 0 Å². The zero-order chi connectivity index (χ0) is 12.1. The van der Waals surface area contributed by atoms with Gasteiger partial charge in [-0.05, 0) is 36.5 Å². The van der Waals surface area contributed by atoms with Crippen molar-refractivity contribution in [1.82, 2.24) is 4.98 Å². The standard InChI is InChI=1S/C13H13BrClNS/c14-12-3-1-10(2-4-12)5-11(7-15)6-13-8-17-9-16-13/h1-4,8-9,11H,5-7H2. The molecule has 2 rings (SSSR count). The van der Waals surface area contributed by atoms with Crippen LogP contribution in [0, 0.1) is 5.92 Å². The summed E-state index contributed by atoms with van der Waals surface area (Å²) in [5.74, 6) is 1.13. The van der Waals surface area contributed by atoms with Crippen molar-refractivity contribution in [3.63, 3.8) is 0 Å². The highest BCUT2D eigenvalue weighted by Crippen LogP contribution is 2.18. The molecule has 0 aliphatic heterocycles.